The molecule has 0 unspecified atom stereocenters. The number of ether oxygens (including phenoxy) is 1. The standard InChI is InChI=1S/C10H14N4O2/c1-2-3-4-16-7-8-6-14(15)10(12)9(5-11)13-8/h6,12,15H,2-4,7H2,1H3. The van der Waals surface area contributed by atoms with Crippen LogP contribution in [0.15, 0.2) is 6.20 Å². The maximum Gasteiger partial charge on any atom is 0.197 e. The lowest BCUT2D eigenvalue weighted by Crippen LogP contribution is -2.23. The fraction of sp³-hybridized carbons (Fsp3) is 0.500. The van der Waals surface area contributed by atoms with Crippen molar-refractivity contribution in [3.63, 3.8) is 0 Å². The number of hydrogen-bond acceptors (Lipinski definition) is 5. The molecule has 0 saturated heterocycles. The highest BCUT2D eigenvalue weighted by atomic mass is 16.5. The van der Waals surface area contributed by atoms with E-state index in [0.29, 0.717) is 17.0 Å². The van der Waals surface area contributed by atoms with Crippen molar-refractivity contribution in [3.8, 4) is 6.07 Å². The van der Waals surface area contributed by atoms with Crippen molar-refractivity contribution in [1.82, 2.24) is 9.71 Å². The molecule has 0 atom stereocenters. The molecule has 0 spiro atoms. The third kappa shape index (κ3) is 3.07. The normalized spacial score (nSPS) is 10.0. The largest absolute Gasteiger partial charge is 0.427 e. The lowest BCUT2D eigenvalue weighted by molar-refractivity contribution is 0.110. The van der Waals surface area contributed by atoms with E-state index in [1.807, 2.05) is 0 Å². The first kappa shape index (κ1) is 12.2. The summed E-state index contributed by atoms with van der Waals surface area (Å²) in [5.41, 5.74) is 0.00468. The van der Waals surface area contributed by atoms with Crippen LogP contribution in [0.3, 0.4) is 0 Å². The van der Waals surface area contributed by atoms with Crippen LogP contribution < -0.4 is 5.49 Å². The van der Waals surface area contributed by atoms with Crippen LogP contribution >= 0.6 is 0 Å². The first-order chi connectivity index (χ1) is 7.69. The summed E-state index contributed by atoms with van der Waals surface area (Å²) < 4.78 is 5.87. The SMILES string of the molecule is CCCCOCc1cn(O)c(=N)c(C#N)n1. The molecule has 86 valence electrons. The Bertz CT molecular complexity index is 447. The Kier molecular flexibility index (Phi) is 4.48. The molecule has 16 heavy (non-hydrogen) atoms. The third-order valence-electron chi connectivity index (χ3n) is 1.98. The zero-order valence-electron chi connectivity index (χ0n) is 9.10. The Morgan fingerprint density at radius 2 is 2.44 bits per heavy atom. The van der Waals surface area contributed by atoms with Crippen LogP contribution in [0, 0.1) is 16.7 Å². The van der Waals surface area contributed by atoms with Gasteiger partial charge >= 0.3 is 0 Å². The molecular weight excluding hydrogens is 208 g/mol. The smallest absolute Gasteiger partial charge is 0.197 e. The summed E-state index contributed by atoms with van der Waals surface area (Å²) in [6.45, 7) is 2.91. The van der Waals surface area contributed by atoms with E-state index in [1.54, 1.807) is 6.07 Å². The average Bonchev–Trinajstić information content (AvgIpc) is 2.29. The number of hydrogen-bond donors (Lipinski definition) is 2. The second kappa shape index (κ2) is 5.88. The van der Waals surface area contributed by atoms with E-state index in [4.69, 9.17) is 15.4 Å². The van der Waals surface area contributed by atoms with E-state index in [9.17, 15) is 5.21 Å². The van der Waals surface area contributed by atoms with E-state index >= 15 is 0 Å². The van der Waals surface area contributed by atoms with Gasteiger partial charge in [0.25, 0.3) is 0 Å². The summed E-state index contributed by atoms with van der Waals surface area (Å²) in [6.07, 6.45) is 3.28. The molecule has 1 heterocycles. The predicted octanol–water partition coefficient (Wildman–Crippen LogP) is 0.788. The summed E-state index contributed by atoms with van der Waals surface area (Å²) >= 11 is 0. The molecule has 0 aliphatic rings. The van der Waals surface area contributed by atoms with Gasteiger partial charge in [0.1, 0.15) is 6.07 Å². The van der Waals surface area contributed by atoms with Crippen LogP contribution in [0.25, 0.3) is 0 Å². The Morgan fingerprint density at radius 3 is 3.06 bits per heavy atom. The van der Waals surface area contributed by atoms with E-state index in [1.165, 1.54) is 6.20 Å². The van der Waals surface area contributed by atoms with Gasteiger partial charge in [-0.05, 0) is 6.42 Å². The molecular formula is C10H14N4O2. The monoisotopic (exact) mass is 222 g/mol. The van der Waals surface area contributed by atoms with E-state index < -0.39 is 0 Å². The van der Waals surface area contributed by atoms with Crippen LogP contribution in [0.1, 0.15) is 31.2 Å². The molecule has 6 heteroatoms. The van der Waals surface area contributed by atoms with E-state index in [2.05, 4.69) is 11.9 Å². The minimum atomic E-state index is -0.320. The number of nitriles is 1. The van der Waals surface area contributed by atoms with Crippen LogP contribution in [-0.2, 0) is 11.3 Å². The highest BCUT2D eigenvalue weighted by Gasteiger charge is 2.04. The lowest BCUT2D eigenvalue weighted by atomic mass is 10.3. The second-order valence-electron chi connectivity index (χ2n) is 3.29. The molecule has 6 nitrogen and oxygen atoms in total. The molecule has 0 saturated carbocycles. The molecule has 0 fully saturated rings. The molecule has 2 N–H and O–H groups in total. The zero-order chi connectivity index (χ0) is 12.0. The minimum Gasteiger partial charge on any atom is -0.427 e. The molecule has 1 aromatic heterocycles. The van der Waals surface area contributed by atoms with E-state index in [0.717, 1.165) is 12.8 Å². The maximum atomic E-state index is 9.30. The third-order valence-corrected chi connectivity index (χ3v) is 1.98. The highest BCUT2D eigenvalue weighted by Crippen LogP contribution is 1.97. The molecule has 0 bridgehead atoms. The molecule has 1 aromatic rings. The van der Waals surface area contributed by atoms with Gasteiger partial charge in [-0.3, -0.25) is 5.41 Å². The molecule has 0 aromatic carbocycles. The summed E-state index contributed by atoms with van der Waals surface area (Å²) in [6, 6.07) is 1.74. The molecule has 0 aliphatic carbocycles. The van der Waals surface area contributed by atoms with Crippen molar-refractivity contribution in [1.29, 1.82) is 10.7 Å². The Hall–Kier alpha value is -1.87. The van der Waals surface area contributed by atoms with Gasteiger partial charge in [0.15, 0.2) is 11.2 Å². The van der Waals surface area contributed by atoms with Crippen molar-refractivity contribution in [2.75, 3.05) is 6.61 Å². The van der Waals surface area contributed by atoms with Crippen molar-refractivity contribution < 1.29 is 9.94 Å². The van der Waals surface area contributed by atoms with Gasteiger partial charge in [-0.2, -0.15) is 9.99 Å². The van der Waals surface area contributed by atoms with Crippen molar-refractivity contribution in [2.24, 2.45) is 0 Å². The summed E-state index contributed by atoms with van der Waals surface area (Å²) in [5, 5.41) is 25.3. The van der Waals surface area contributed by atoms with Crippen molar-refractivity contribution in [2.45, 2.75) is 26.4 Å². The Labute approximate surface area is 93.2 Å². The second-order valence-corrected chi connectivity index (χ2v) is 3.29. The molecule has 1 rings (SSSR count). The van der Waals surface area contributed by atoms with Crippen LogP contribution in [-0.4, -0.2) is 21.5 Å². The van der Waals surface area contributed by atoms with Crippen LogP contribution in [0.5, 0.6) is 0 Å². The van der Waals surface area contributed by atoms with Crippen molar-refractivity contribution in [3.05, 3.63) is 23.1 Å². The zero-order valence-corrected chi connectivity index (χ0v) is 9.10. The molecule has 0 aliphatic heterocycles. The van der Waals surface area contributed by atoms with Gasteiger partial charge < -0.3 is 9.94 Å². The number of nitrogens with zero attached hydrogens (tertiary/aromatic N) is 3. The number of unbranched alkanes of at least 4 members (excludes halogenated alkanes) is 1. The fourth-order valence-corrected chi connectivity index (χ4v) is 1.11. The van der Waals surface area contributed by atoms with E-state index in [-0.39, 0.29) is 17.8 Å². The number of aromatic nitrogens is 2. The van der Waals surface area contributed by atoms with Gasteiger partial charge in [-0.15, -0.1) is 0 Å². The first-order valence-electron chi connectivity index (χ1n) is 5.03. The highest BCUT2D eigenvalue weighted by molar-refractivity contribution is 5.16. The minimum absolute atomic E-state index is 0.112. The summed E-state index contributed by atoms with van der Waals surface area (Å²) in [4.78, 5) is 3.89. The van der Waals surface area contributed by atoms with Crippen LogP contribution in [0.2, 0.25) is 0 Å². The van der Waals surface area contributed by atoms with Gasteiger partial charge in [0.05, 0.1) is 18.5 Å². The maximum absolute atomic E-state index is 9.30. The first-order valence-corrected chi connectivity index (χ1v) is 5.03. The quantitative estimate of drug-likeness (QED) is 0.568. The van der Waals surface area contributed by atoms with Crippen molar-refractivity contribution >= 4 is 0 Å². The average molecular weight is 222 g/mol. The van der Waals surface area contributed by atoms with Crippen LogP contribution in [0.4, 0.5) is 0 Å². The van der Waals surface area contributed by atoms with Gasteiger partial charge in [-0.25, -0.2) is 4.98 Å². The van der Waals surface area contributed by atoms with Gasteiger partial charge in [0.2, 0.25) is 0 Å². The number of rotatable bonds is 5. The molecule has 0 amide bonds. The fourth-order valence-electron chi connectivity index (χ4n) is 1.11. The predicted molar refractivity (Wildman–Crippen MR) is 54.5 cm³/mol. The summed E-state index contributed by atoms with van der Waals surface area (Å²) in [5.74, 6) is 0. The topological polar surface area (TPSA) is 94.9 Å². The lowest BCUT2D eigenvalue weighted by Gasteiger charge is -2.05. The number of nitrogens with one attached hydrogen (secondary N) is 1. The van der Waals surface area contributed by atoms with Gasteiger partial charge in [-0.1, -0.05) is 13.3 Å². The Balaban J connectivity index is 2.72. The Morgan fingerprint density at radius 1 is 1.69 bits per heavy atom. The van der Waals surface area contributed by atoms with Gasteiger partial charge in [0, 0.05) is 6.61 Å². The molecule has 0 radical (unpaired) electrons. The summed E-state index contributed by atoms with van der Waals surface area (Å²) in [7, 11) is 0.